The zero-order chi connectivity index (χ0) is 11.6. The molecule has 0 atom stereocenters. The van der Waals surface area contributed by atoms with Gasteiger partial charge in [0, 0.05) is 17.3 Å². The Morgan fingerprint density at radius 1 is 1.60 bits per heavy atom. The van der Waals surface area contributed by atoms with Crippen LogP contribution in [0.25, 0.3) is 0 Å². The van der Waals surface area contributed by atoms with Crippen molar-refractivity contribution in [1.29, 1.82) is 0 Å². The van der Waals surface area contributed by atoms with E-state index in [0.717, 1.165) is 13.1 Å². The van der Waals surface area contributed by atoms with E-state index in [2.05, 4.69) is 4.98 Å². The normalized spacial score (nSPS) is 10.4. The van der Waals surface area contributed by atoms with Crippen LogP contribution in [0.5, 0.6) is 0 Å². The molecule has 1 aromatic rings. The van der Waals surface area contributed by atoms with Gasteiger partial charge in [0.15, 0.2) is 12.0 Å². The lowest BCUT2D eigenvalue weighted by Gasteiger charge is -2.05. The average Bonchev–Trinajstić information content (AvgIpc) is 2.15. The lowest BCUT2D eigenvalue weighted by molar-refractivity contribution is -0.386. The van der Waals surface area contributed by atoms with Gasteiger partial charge in [0.2, 0.25) is 0 Å². The van der Waals surface area contributed by atoms with Gasteiger partial charge >= 0.3 is 5.69 Å². The monoisotopic (exact) mass is 216 g/mol. The summed E-state index contributed by atoms with van der Waals surface area (Å²) < 4.78 is 24.7. The average molecular weight is 216 g/mol. The molecule has 0 bridgehead atoms. The summed E-state index contributed by atoms with van der Waals surface area (Å²) in [6.45, 7) is 1.16. The van der Waals surface area contributed by atoms with Gasteiger partial charge in [0.1, 0.15) is 0 Å². The smallest absolute Gasteiger partial charge is 0.296 e. The summed E-state index contributed by atoms with van der Waals surface area (Å²) in [5.74, 6) is 0. The van der Waals surface area contributed by atoms with Crippen LogP contribution >= 0.6 is 0 Å². The summed E-state index contributed by atoms with van der Waals surface area (Å²) in [4.78, 5) is 23.4. The summed E-state index contributed by atoms with van der Waals surface area (Å²) in [6.07, 6.45) is -1.91. The molecule has 0 unspecified atom stereocenters. The molecule has 7 heteroatoms. The molecule has 0 aliphatic rings. The fraction of sp³-hybridized carbons (Fsp3) is 0.250. The molecule has 0 radical (unpaired) electrons. The van der Waals surface area contributed by atoms with Crippen LogP contribution in [-0.2, 0) is 0 Å². The number of nitrogens with zero attached hydrogens (tertiary/aromatic N) is 2. The number of rotatable bonds is 3. The molecular formula is C8H6F2N2O3. The molecule has 0 amide bonds. The molecule has 0 aromatic carbocycles. The number of nitro groups is 1. The second kappa shape index (κ2) is 4.07. The lowest BCUT2D eigenvalue weighted by atomic mass is 10.1. The first kappa shape index (κ1) is 11.2. The van der Waals surface area contributed by atoms with E-state index in [1.807, 2.05) is 0 Å². The molecule has 1 rings (SSSR count). The second-order valence-corrected chi connectivity index (χ2v) is 2.75. The van der Waals surface area contributed by atoms with Crippen molar-refractivity contribution in [2.75, 3.05) is 0 Å². The summed E-state index contributed by atoms with van der Waals surface area (Å²) in [5.41, 5.74) is -1.87. The Morgan fingerprint density at radius 3 is 2.60 bits per heavy atom. The van der Waals surface area contributed by atoms with Crippen LogP contribution in [0.2, 0.25) is 0 Å². The molecule has 0 N–H and O–H groups in total. The van der Waals surface area contributed by atoms with Crippen molar-refractivity contribution >= 4 is 12.0 Å². The van der Waals surface area contributed by atoms with Crippen molar-refractivity contribution in [2.45, 2.75) is 13.3 Å². The fourth-order valence-corrected chi connectivity index (χ4v) is 1.16. The highest BCUT2D eigenvalue weighted by Crippen LogP contribution is 2.29. The number of halogens is 2. The highest BCUT2D eigenvalue weighted by molar-refractivity contribution is 5.79. The van der Waals surface area contributed by atoms with Crippen molar-refractivity contribution in [2.24, 2.45) is 0 Å². The van der Waals surface area contributed by atoms with Crippen LogP contribution in [0.1, 0.15) is 28.0 Å². The number of alkyl halides is 2. The number of pyridine rings is 1. The fourth-order valence-electron chi connectivity index (χ4n) is 1.16. The number of hydrogen-bond acceptors (Lipinski definition) is 4. The number of aldehydes is 1. The van der Waals surface area contributed by atoms with Gasteiger partial charge in [-0.05, 0) is 6.92 Å². The summed E-state index contributed by atoms with van der Waals surface area (Å²) in [5, 5.41) is 10.5. The predicted molar refractivity (Wildman–Crippen MR) is 46.0 cm³/mol. The van der Waals surface area contributed by atoms with E-state index in [1.165, 1.54) is 0 Å². The zero-order valence-corrected chi connectivity index (χ0v) is 7.61. The minimum Gasteiger partial charge on any atom is -0.296 e. The molecule has 1 aromatic heterocycles. The Bertz CT molecular complexity index is 421. The number of carbonyl (C=O) groups excluding carboxylic acids is 1. The molecular weight excluding hydrogens is 210 g/mol. The van der Waals surface area contributed by atoms with Crippen LogP contribution in [0, 0.1) is 17.0 Å². The Labute approximate surface area is 82.9 Å². The maximum absolute atomic E-state index is 12.4. The van der Waals surface area contributed by atoms with Crippen LogP contribution in [0.4, 0.5) is 14.5 Å². The SMILES string of the molecule is Cc1c(C(F)F)cnc(C=O)c1[N+](=O)[O-]. The van der Waals surface area contributed by atoms with Crippen molar-refractivity contribution in [3.05, 3.63) is 33.1 Å². The third-order valence-corrected chi connectivity index (χ3v) is 1.90. The Morgan fingerprint density at radius 2 is 2.20 bits per heavy atom. The molecule has 1 heterocycles. The van der Waals surface area contributed by atoms with E-state index in [9.17, 15) is 23.7 Å². The largest absolute Gasteiger partial charge is 0.301 e. The summed E-state index contributed by atoms with van der Waals surface area (Å²) in [6, 6.07) is 0. The minimum absolute atomic E-state index is 0.167. The van der Waals surface area contributed by atoms with E-state index >= 15 is 0 Å². The van der Waals surface area contributed by atoms with Crippen molar-refractivity contribution in [3.8, 4) is 0 Å². The summed E-state index contributed by atoms with van der Waals surface area (Å²) >= 11 is 0. The molecule has 5 nitrogen and oxygen atoms in total. The Hall–Kier alpha value is -1.92. The maximum atomic E-state index is 12.4. The van der Waals surface area contributed by atoms with E-state index in [-0.39, 0.29) is 11.8 Å². The predicted octanol–water partition coefficient (Wildman–Crippen LogP) is 2.05. The zero-order valence-electron chi connectivity index (χ0n) is 7.61. The van der Waals surface area contributed by atoms with E-state index in [0.29, 0.717) is 0 Å². The molecule has 80 valence electrons. The number of carbonyl (C=O) groups is 1. The van der Waals surface area contributed by atoms with Crippen molar-refractivity contribution in [3.63, 3.8) is 0 Å². The van der Waals surface area contributed by atoms with Gasteiger partial charge in [0.25, 0.3) is 6.43 Å². The van der Waals surface area contributed by atoms with E-state index in [4.69, 9.17) is 0 Å². The quantitative estimate of drug-likeness (QED) is 0.440. The summed E-state index contributed by atoms with van der Waals surface area (Å²) in [7, 11) is 0. The molecule has 15 heavy (non-hydrogen) atoms. The van der Waals surface area contributed by atoms with Crippen LogP contribution in [0.3, 0.4) is 0 Å². The third-order valence-electron chi connectivity index (χ3n) is 1.90. The first-order chi connectivity index (χ1) is 6.99. The van der Waals surface area contributed by atoms with E-state index < -0.39 is 28.3 Å². The van der Waals surface area contributed by atoms with Gasteiger partial charge in [-0.15, -0.1) is 0 Å². The topological polar surface area (TPSA) is 73.1 Å². The third kappa shape index (κ3) is 1.95. The molecule has 0 aliphatic carbocycles. The van der Waals surface area contributed by atoms with Crippen LogP contribution in [-0.4, -0.2) is 16.2 Å². The van der Waals surface area contributed by atoms with Gasteiger partial charge in [-0.3, -0.25) is 14.9 Å². The van der Waals surface area contributed by atoms with Crippen LogP contribution in [0.15, 0.2) is 6.20 Å². The van der Waals surface area contributed by atoms with Gasteiger partial charge < -0.3 is 0 Å². The van der Waals surface area contributed by atoms with Crippen molar-refractivity contribution in [1.82, 2.24) is 4.98 Å². The number of aromatic nitrogens is 1. The molecule has 0 saturated carbocycles. The second-order valence-electron chi connectivity index (χ2n) is 2.75. The minimum atomic E-state index is -2.85. The molecule has 0 saturated heterocycles. The first-order valence-electron chi connectivity index (χ1n) is 3.86. The van der Waals surface area contributed by atoms with Gasteiger partial charge in [-0.1, -0.05) is 0 Å². The molecule has 0 aliphatic heterocycles. The van der Waals surface area contributed by atoms with E-state index in [1.54, 1.807) is 0 Å². The molecule has 0 spiro atoms. The van der Waals surface area contributed by atoms with Crippen molar-refractivity contribution < 1.29 is 18.5 Å². The van der Waals surface area contributed by atoms with Gasteiger partial charge in [0.05, 0.1) is 4.92 Å². The molecule has 0 fully saturated rings. The number of hydrogen-bond donors (Lipinski definition) is 0. The Kier molecular flexibility index (Phi) is 3.03. The lowest BCUT2D eigenvalue weighted by Crippen LogP contribution is -2.04. The van der Waals surface area contributed by atoms with Gasteiger partial charge in [-0.25, -0.2) is 13.8 Å². The van der Waals surface area contributed by atoms with Crippen LogP contribution < -0.4 is 0 Å². The highest BCUT2D eigenvalue weighted by Gasteiger charge is 2.24. The Balaban J connectivity index is 3.49. The van der Waals surface area contributed by atoms with Gasteiger partial charge in [-0.2, -0.15) is 0 Å². The maximum Gasteiger partial charge on any atom is 0.301 e. The highest BCUT2D eigenvalue weighted by atomic mass is 19.3. The standard InChI is InChI=1S/C8H6F2N2O3/c1-4-5(8(9)10)2-11-6(3-13)7(4)12(14)15/h2-3,8H,1H3. The first-order valence-corrected chi connectivity index (χ1v) is 3.86.